The van der Waals surface area contributed by atoms with Crippen LogP contribution in [0.15, 0.2) is 40.9 Å². The van der Waals surface area contributed by atoms with E-state index < -0.39 is 11.6 Å². The highest BCUT2D eigenvalue weighted by atomic mass is 79.9. The molecule has 2 bridgehead atoms. The van der Waals surface area contributed by atoms with Gasteiger partial charge >= 0.3 is 0 Å². The highest BCUT2D eigenvalue weighted by Crippen LogP contribution is 2.49. The van der Waals surface area contributed by atoms with E-state index in [0.717, 1.165) is 32.6 Å². The lowest BCUT2D eigenvalue weighted by atomic mass is 9.79. The van der Waals surface area contributed by atoms with Gasteiger partial charge in [0.05, 0.1) is 6.04 Å². The Morgan fingerprint density at radius 1 is 1.31 bits per heavy atom. The number of halogens is 1. The number of nitrogens with zero attached hydrogens (tertiary/aromatic N) is 1. The third-order valence-corrected chi connectivity index (χ3v) is 6.66. The summed E-state index contributed by atoms with van der Waals surface area (Å²) in [6.07, 6.45) is 0. The average molecular weight is 474 g/mol. The molecule has 0 aromatic heterocycles. The van der Waals surface area contributed by atoms with Crippen molar-refractivity contribution in [1.29, 1.82) is 0 Å². The molecule has 1 fully saturated rings. The van der Waals surface area contributed by atoms with Crippen molar-refractivity contribution in [1.82, 2.24) is 10.2 Å². The molecular weight excluding hydrogens is 450 g/mol. The number of ether oxygens (including phenoxy) is 1. The molecule has 2 aliphatic rings. The molecule has 0 radical (unpaired) electrons. The maximum atomic E-state index is 13.6. The number of amides is 1. The monoisotopic (exact) mass is 473 g/mol. The van der Waals surface area contributed by atoms with Crippen molar-refractivity contribution in [2.45, 2.75) is 39.5 Å². The zero-order chi connectivity index (χ0) is 20.9. The largest absolute Gasteiger partial charge is 0.467 e. The van der Waals surface area contributed by atoms with Gasteiger partial charge in [0.2, 0.25) is 5.91 Å². The molecule has 1 saturated heterocycles. The molecule has 3 unspecified atom stereocenters. The predicted octanol–water partition coefficient (Wildman–Crippen LogP) is 4.68. The standard InChI is InChI=1S/C22H24BrN3O2S/c1-5-26-21(29)25-19-15-11-14(23)7-9-17(15)28-22(26,4)18(19)20(27)24-16-8-6-12(2)10-13(16)3/h6-11,18-19H,5H2,1-4H3,(H,24,27)(H,25,29). The van der Waals surface area contributed by atoms with Crippen molar-refractivity contribution >= 4 is 44.9 Å². The summed E-state index contributed by atoms with van der Waals surface area (Å²) >= 11 is 9.14. The summed E-state index contributed by atoms with van der Waals surface area (Å²) in [6.45, 7) is 8.64. The van der Waals surface area contributed by atoms with Crippen LogP contribution in [0.2, 0.25) is 0 Å². The van der Waals surface area contributed by atoms with Gasteiger partial charge < -0.3 is 20.3 Å². The number of rotatable bonds is 3. The van der Waals surface area contributed by atoms with Crippen molar-refractivity contribution in [2.24, 2.45) is 5.92 Å². The molecule has 152 valence electrons. The van der Waals surface area contributed by atoms with Gasteiger partial charge in [-0.25, -0.2) is 0 Å². The number of thiocarbonyl (C=S) groups is 1. The van der Waals surface area contributed by atoms with E-state index in [2.05, 4.69) is 32.6 Å². The maximum absolute atomic E-state index is 13.6. The van der Waals surface area contributed by atoms with Gasteiger partial charge in [-0.1, -0.05) is 33.6 Å². The molecule has 0 aliphatic carbocycles. The van der Waals surface area contributed by atoms with Crippen LogP contribution in [0.1, 0.15) is 36.6 Å². The summed E-state index contributed by atoms with van der Waals surface area (Å²) in [5.41, 5.74) is 3.05. The van der Waals surface area contributed by atoms with Crippen LogP contribution in [0.25, 0.3) is 0 Å². The van der Waals surface area contributed by atoms with Gasteiger partial charge in [-0.2, -0.15) is 0 Å². The quantitative estimate of drug-likeness (QED) is 0.633. The van der Waals surface area contributed by atoms with Crippen molar-refractivity contribution in [3.8, 4) is 5.75 Å². The lowest BCUT2D eigenvalue weighted by Crippen LogP contribution is -2.71. The van der Waals surface area contributed by atoms with E-state index >= 15 is 0 Å². The van der Waals surface area contributed by atoms with E-state index in [1.807, 2.05) is 62.9 Å². The first-order valence-electron chi connectivity index (χ1n) is 9.69. The van der Waals surface area contributed by atoms with Gasteiger partial charge in [0, 0.05) is 22.3 Å². The summed E-state index contributed by atoms with van der Waals surface area (Å²) in [5, 5.41) is 7.12. The Morgan fingerprint density at radius 2 is 2.07 bits per heavy atom. The third-order valence-electron chi connectivity index (χ3n) is 5.83. The summed E-state index contributed by atoms with van der Waals surface area (Å²) in [6, 6.07) is 11.6. The zero-order valence-electron chi connectivity index (χ0n) is 16.9. The van der Waals surface area contributed by atoms with Crippen molar-refractivity contribution < 1.29 is 9.53 Å². The molecule has 7 heteroatoms. The van der Waals surface area contributed by atoms with Crippen LogP contribution >= 0.6 is 28.1 Å². The first kappa shape index (κ1) is 20.2. The van der Waals surface area contributed by atoms with Gasteiger partial charge in [0.15, 0.2) is 10.8 Å². The summed E-state index contributed by atoms with van der Waals surface area (Å²) in [5.74, 6) is 0.185. The lowest BCUT2D eigenvalue weighted by molar-refractivity contribution is -0.148. The molecule has 2 aliphatic heterocycles. The van der Waals surface area contributed by atoms with E-state index in [9.17, 15) is 4.79 Å². The fourth-order valence-corrected chi connectivity index (χ4v) is 5.26. The number of carbonyl (C=O) groups is 1. The second-order valence-corrected chi connectivity index (χ2v) is 9.10. The van der Waals surface area contributed by atoms with Gasteiger partial charge in [-0.3, -0.25) is 4.79 Å². The number of nitrogens with one attached hydrogen (secondary N) is 2. The third kappa shape index (κ3) is 3.30. The first-order chi connectivity index (χ1) is 13.7. The molecule has 3 atom stereocenters. The van der Waals surface area contributed by atoms with Crippen LogP contribution in [0.5, 0.6) is 5.75 Å². The number of hydrogen-bond donors (Lipinski definition) is 2. The van der Waals surface area contributed by atoms with E-state index in [4.69, 9.17) is 17.0 Å². The Labute approximate surface area is 184 Å². The molecule has 0 spiro atoms. The smallest absolute Gasteiger partial charge is 0.236 e. The topological polar surface area (TPSA) is 53.6 Å². The Balaban J connectivity index is 1.78. The SMILES string of the molecule is CCN1C(=S)NC2c3cc(Br)ccc3OC1(C)C2C(=O)Nc1ccc(C)cc1C. The number of carbonyl (C=O) groups excluding carboxylic acids is 1. The summed E-state index contributed by atoms with van der Waals surface area (Å²) in [4.78, 5) is 15.5. The molecule has 29 heavy (non-hydrogen) atoms. The average Bonchev–Trinajstić information content (AvgIpc) is 2.64. The minimum atomic E-state index is -0.884. The molecule has 2 N–H and O–H groups in total. The van der Waals surface area contributed by atoms with Crippen LogP contribution in [0.3, 0.4) is 0 Å². The van der Waals surface area contributed by atoms with E-state index in [1.165, 1.54) is 0 Å². The van der Waals surface area contributed by atoms with E-state index in [1.54, 1.807) is 0 Å². The van der Waals surface area contributed by atoms with E-state index in [-0.39, 0.29) is 11.9 Å². The van der Waals surface area contributed by atoms with Gasteiger partial charge in [-0.05, 0) is 69.7 Å². The Morgan fingerprint density at radius 3 is 2.76 bits per heavy atom. The fourth-order valence-electron chi connectivity index (χ4n) is 4.44. The predicted molar refractivity (Wildman–Crippen MR) is 122 cm³/mol. The molecule has 2 heterocycles. The van der Waals surface area contributed by atoms with Crippen molar-refractivity contribution in [3.05, 3.63) is 57.6 Å². The fraction of sp³-hybridized carbons (Fsp3) is 0.364. The molecular formula is C22H24BrN3O2S. The highest BCUT2D eigenvalue weighted by Gasteiger charge is 2.58. The Hall–Kier alpha value is -2.12. The minimum absolute atomic E-state index is 0.0940. The van der Waals surface area contributed by atoms with Crippen LogP contribution in [0, 0.1) is 19.8 Å². The minimum Gasteiger partial charge on any atom is -0.467 e. The number of fused-ring (bicyclic) bond motifs is 4. The Bertz CT molecular complexity index is 1010. The van der Waals surface area contributed by atoms with Crippen molar-refractivity contribution in [3.63, 3.8) is 0 Å². The van der Waals surface area contributed by atoms with Crippen LogP contribution in [0.4, 0.5) is 5.69 Å². The second kappa shape index (κ2) is 7.29. The maximum Gasteiger partial charge on any atom is 0.236 e. The zero-order valence-corrected chi connectivity index (χ0v) is 19.3. The molecule has 5 nitrogen and oxygen atoms in total. The van der Waals surface area contributed by atoms with Crippen LogP contribution in [-0.2, 0) is 4.79 Å². The highest BCUT2D eigenvalue weighted by molar-refractivity contribution is 9.10. The molecule has 2 aromatic carbocycles. The van der Waals surface area contributed by atoms with Crippen molar-refractivity contribution in [2.75, 3.05) is 11.9 Å². The Kier molecular flexibility index (Phi) is 5.07. The normalized spacial score (nSPS) is 25.0. The number of benzene rings is 2. The number of hydrogen-bond acceptors (Lipinski definition) is 3. The molecule has 1 amide bonds. The molecule has 4 rings (SSSR count). The number of anilines is 1. The van der Waals surface area contributed by atoms with Gasteiger partial charge in [0.1, 0.15) is 11.7 Å². The summed E-state index contributed by atoms with van der Waals surface area (Å²) in [7, 11) is 0. The molecule has 0 saturated carbocycles. The second-order valence-electron chi connectivity index (χ2n) is 7.80. The van der Waals surface area contributed by atoms with Gasteiger partial charge in [0.25, 0.3) is 0 Å². The van der Waals surface area contributed by atoms with Crippen LogP contribution in [-0.4, -0.2) is 28.2 Å². The van der Waals surface area contributed by atoms with Gasteiger partial charge in [-0.15, -0.1) is 0 Å². The van der Waals surface area contributed by atoms with E-state index in [0.29, 0.717) is 11.7 Å². The lowest BCUT2D eigenvalue weighted by Gasteiger charge is -2.56. The number of aryl methyl sites for hydroxylation is 2. The summed E-state index contributed by atoms with van der Waals surface area (Å²) < 4.78 is 7.39. The van der Waals surface area contributed by atoms with Crippen LogP contribution < -0.4 is 15.4 Å². The molecule has 2 aromatic rings. The first-order valence-corrected chi connectivity index (χ1v) is 10.9.